The van der Waals surface area contributed by atoms with Crippen LogP contribution in [0.15, 0.2) is 46.6 Å². The molecule has 0 aliphatic carbocycles. The minimum Gasteiger partial charge on any atom is -0.394 e. The average Bonchev–Trinajstić information content (AvgIpc) is 2.84. The van der Waals surface area contributed by atoms with Crippen LogP contribution in [-0.2, 0) is 0 Å². The fourth-order valence-corrected chi connectivity index (χ4v) is 2.52. The van der Waals surface area contributed by atoms with Gasteiger partial charge in [-0.25, -0.2) is 0 Å². The van der Waals surface area contributed by atoms with Gasteiger partial charge in [-0.15, -0.1) is 0 Å². The molecule has 0 aliphatic heterocycles. The molecular formula is C17H16N8O11. The normalized spacial score (nSPS) is 13.1. The number of aliphatic hydroxyl groups is 3. The molecule has 0 bridgehead atoms. The third-order valence-corrected chi connectivity index (χ3v) is 4.32. The summed E-state index contributed by atoms with van der Waals surface area (Å²) in [4.78, 5) is 40.6. The Morgan fingerprint density at radius 3 is 1.72 bits per heavy atom. The molecule has 0 heterocycles. The fourth-order valence-electron chi connectivity index (χ4n) is 2.52. The number of hydrogen-bond acceptors (Lipinski definition) is 15. The van der Waals surface area contributed by atoms with E-state index in [0.717, 1.165) is 30.5 Å². The second kappa shape index (κ2) is 11.8. The first kappa shape index (κ1) is 27.1. The first-order valence-electron chi connectivity index (χ1n) is 9.41. The zero-order valence-corrected chi connectivity index (χ0v) is 17.7. The van der Waals surface area contributed by atoms with E-state index < -0.39 is 67.0 Å². The third-order valence-electron chi connectivity index (χ3n) is 4.32. The fraction of sp³-hybridized carbons (Fsp3) is 0.176. The average molecular weight is 508 g/mol. The van der Waals surface area contributed by atoms with E-state index >= 15 is 0 Å². The van der Waals surface area contributed by atoms with Gasteiger partial charge in [-0.2, -0.15) is 10.2 Å². The Morgan fingerprint density at radius 2 is 1.31 bits per heavy atom. The number of benzene rings is 2. The quantitative estimate of drug-likeness (QED) is 0.151. The number of aliphatic hydroxyl groups excluding tert-OH is 3. The van der Waals surface area contributed by atoms with Gasteiger partial charge in [0.2, 0.25) is 0 Å². The second-order valence-corrected chi connectivity index (χ2v) is 6.64. The highest BCUT2D eigenvalue weighted by Gasteiger charge is 2.23. The van der Waals surface area contributed by atoms with E-state index in [4.69, 9.17) is 5.11 Å². The molecule has 0 spiro atoms. The van der Waals surface area contributed by atoms with Crippen molar-refractivity contribution in [3.05, 3.63) is 76.9 Å². The summed E-state index contributed by atoms with van der Waals surface area (Å²) in [5, 5.41) is 80.4. The highest BCUT2D eigenvalue weighted by atomic mass is 16.6. The number of anilines is 2. The smallest absolute Gasteiger partial charge is 0.301 e. The van der Waals surface area contributed by atoms with Gasteiger partial charge in [-0.1, -0.05) is 0 Å². The van der Waals surface area contributed by atoms with Crippen molar-refractivity contribution >= 4 is 46.1 Å². The molecule has 36 heavy (non-hydrogen) atoms. The maximum atomic E-state index is 11.3. The molecule has 0 aromatic heterocycles. The van der Waals surface area contributed by atoms with Crippen LogP contribution < -0.4 is 10.9 Å². The van der Waals surface area contributed by atoms with Gasteiger partial charge >= 0.3 is 11.4 Å². The van der Waals surface area contributed by atoms with Crippen molar-refractivity contribution in [3.63, 3.8) is 0 Å². The summed E-state index contributed by atoms with van der Waals surface area (Å²) in [5.41, 5.74) is 0.612. The van der Waals surface area contributed by atoms with E-state index in [1.165, 1.54) is 0 Å². The number of rotatable bonds is 12. The van der Waals surface area contributed by atoms with Crippen LogP contribution in [-0.4, -0.2) is 65.8 Å². The number of non-ortho nitro benzene ring substituents is 2. The molecule has 19 heteroatoms. The molecule has 5 N–H and O–H groups in total. The largest absolute Gasteiger partial charge is 0.394 e. The van der Waals surface area contributed by atoms with E-state index in [-0.39, 0.29) is 11.4 Å². The predicted octanol–water partition coefficient (Wildman–Crippen LogP) is 0.899. The number of nitrogens with one attached hydrogen (secondary N) is 2. The highest BCUT2D eigenvalue weighted by Crippen LogP contribution is 2.30. The summed E-state index contributed by atoms with van der Waals surface area (Å²) in [7, 11) is 0. The molecule has 2 atom stereocenters. The van der Waals surface area contributed by atoms with Crippen LogP contribution in [0, 0.1) is 40.5 Å². The Hall–Kier alpha value is -5.14. The summed E-state index contributed by atoms with van der Waals surface area (Å²) in [5.74, 6) is 0. The lowest BCUT2D eigenvalue weighted by molar-refractivity contribution is -0.393. The molecule has 19 nitrogen and oxygen atoms in total. The Labute approximate surface area is 198 Å². The summed E-state index contributed by atoms with van der Waals surface area (Å²) < 4.78 is 0. The summed E-state index contributed by atoms with van der Waals surface area (Å²) in [6.45, 7) is -0.938. The highest BCUT2D eigenvalue weighted by molar-refractivity contribution is 6.33. The van der Waals surface area contributed by atoms with Crippen LogP contribution in [0.3, 0.4) is 0 Å². The van der Waals surface area contributed by atoms with Crippen LogP contribution in [0.2, 0.25) is 0 Å². The van der Waals surface area contributed by atoms with Crippen LogP contribution in [0.1, 0.15) is 0 Å². The Balaban J connectivity index is 2.39. The van der Waals surface area contributed by atoms with Crippen LogP contribution in [0.4, 0.5) is 34.1 Å². The van der Waals surface area contributed by atoms with E-state index in [1.54, 1.807) is 0 Å². The van der Waals surface area contributed by atoms with Crippen molar-refractivity contribution < 1.29 is 35.0 Å². The lowest BCUT2D eigenvalue weighted by atomic mass is 10.1. The molecule has 2 aromatic rings. The molecule has 2 unspecified atom stereocenters. The van der Waals surface area contributed by atoms with Crippen molar-refractivity contribution in [2.45, 2.75) is 12.2 Å². The molecule has 2 aromatic carbocycles. The zero-order valence-electron chi connectivity index (χ0n) is 17.7. The molecule has 0 radical (unpaired) electrons. The van der Waals surface area contributed by atoms with Gasteiger partial charge in [0, 0.05) is 12.1 Å². The molecule has 0 saturated carbocycles. The topological polar surface area (TPSA) is 282 Å². The molecule has 0 fully saturated rings. The predicted molar refractivity (Wildman–Crippen MR) is 122 cm³/mol. The summed E-state index contributed by atoms with van der Waals surface area (Å²) in [6, 6.07) is 5.17. The first-order chi connectivity index (χ1) is 17.0. The van der Waals surface area contributed by atoms with Gasteiger partial charge in [0.25, 0.3) is 11.4 Å². The number of hydrogen-bond donors (Lipinski definition) is 5. The lowest BCUT2D eigenvalue weighted by Crippen LogP contribution is -2.37. The van der Waals surface area contributed by atoms with Crippen molar-refractivity contribution in [1.29, 1.82) is 0 Å². The Morgan fingerprint density at radius 1 is 0.833 bits per heavy atom. The van der Waals surface area contributed by atoms with Crippen molar-refractivity contribution in [3.8, 4) is 0 Å². The van der Waals surface area contributed by atoms with Gasteiger partial charge in [0.05, 0.1) is 44.6 Å². The number of nitro groups is 4. The molecule has 190 valence electrons. The third kappa shape index (κ3) is 6.69. The standard InChI is InChI=1S/C17H16N8O11/c26-8-16(27)17(28)13(21-20-12-4-2-10(23(31)32)6-15(12)25(35)36)7-18-19-11-3-1-9(22(29)30)5-14(11)24(33)34/h1-7,16-17,19-20,26-28H,8H2/b18-7+,21-13-. The molecule has 0 aliphatic rings. The minimum absolute atomic E-state index is 0.294. The summed E-state index contributed by atoms with van der Waals surface area (Å²) in [6.07, 6.45) is -2.98. The number of nitro benzene ring substituents is 4. The SMILES string of the molecule is O=[N+]([O-])c1ccc(N/N=C(/C=N/Nc2ccc([N+](=O)[O-])cc2[N+](=O)[O-])C(O)C(O)CO)c([N+](=O)[O-])c1. The van der Waals surface area contributed by atoms with E-state index in [1.807, 2.05) is 0 Å². The van der Waals surface area contributed by atoms with E-state index in [0.29, 0.717) is 12.1 Å². The van der Waals surface area contributed by atoms with Gasteiger partial charge in [0.15, 0.2) is 0 Å². The van der Waals surface area contributed by atoms with Crippen molar-refractivity contribution in [2.24, 2.45) is 10.2 Å². The van der Waals surface area contributed by atoms with Crippen molar-refractivity contribution in [1.82, 2.24) is 0 Å². The Bertz CT molecular complexity index is 1250. The van der Waals surface area contributed by atoms with Crippen LogP contribution >= 0.6 is 0 Å². The number of hydrazone groups is 2. The zero-order chi connectivity index (χ0) is 27.0. The summed E-state index contributed by atoms with van der Waals surface area (Å²) >= 11 is 0. The maximum Gasteiger partial charge on any atom is 0.301 e. The Kier molecular flexibility index (Phi) is 8.90. The molecule has 0 saturated heterocycles. The van der Waals surface area contributed by atoms with Gasteiger partial charge in [0.1, 0.15) is 29.3 Å². The van der Waals surface area contributed by atoms with Gasteiger partial charge in [-0.05, 0) is 12.1 Å². The van der Waals surface area contributed by atoms with E-state index in [2.05, 4.69) is 21.1 Å². The lowest BCUT2D eigenvalue weighted by Gasteiger charge is -2.15. The molecule has 2 rings (SSSR count). The monoisotopic (exact) mass is 508 g/mol. The van der Waals surface area contributed by atoms with Gasteiger partial charge < -0.3 is 15.3 Å². The van der Waals surface area contributed by atoms with Crippen molar-refractivity contribution in [2.75, 3.05) is 17.5 Å². The molecular weight excluding hydrogens is 492 g/mol. The van der Waals surface area contributed by atoms with E-state index in [9.17, 15) is 50.7 Å². The molecule has 0 amide bonds. The maximum absolute atomic E-state index is 11.3. The van der Waals surface area contributed by atoms with Crippen LogP contribution in [0.25, 0.3) is 0 Å². The second-order valence-electron chi connectivity index (χ2n) is 6.64. The van der Waals surface area contributed by atoms with Crippen LogP contribution in [0.5, 0.6) is 0 Å². The number of nitrogens with zero attached hydrogens (tertiary/aromatic N) is 6. The van der Waals surface area contributed by atoms with Gasteiger partial charge in [-0.3, -0.25) is 51.3 Å². The minimum atomic E-state index is -1.92. The first-order valence-corrected chi connectivity index (χ1v) is 9.41.